The molecular weight excluding hydrogens is 472 g/mol. The van der Waals surface area contributed by atoms with Gasteiger partial charge in [-0.25, -0.2) is 4.79 Å². The van der Waals surface area contributed by atoms with Crippen LogP contribution in [0, 0.1) is 0 Å². The summed E-state index contributed by atoms with van der Waals surface area (Å²) in [6, 6.07) is 10.3. The zero-order chi connectivity index (χ0) is 24.4. The van der Waals surface area contributed by atoms with Gasteiger partial charge in [0.15, 0.2) is 5.76 Å². The fourth-order valence-corrected chi connectivity index (χ4v) is 5.27. The molecule has 10 nitrogen and oxygen atoms in total. The second-order valence-electron chi connectivity index (χ2n) is 7.95. The van der Waals surface area contributed by atoms with Gasteiger partial charge in [-0.15, -0.1) is 16.4 Å². The number of thiophene rings is 1. The standard InChI is InChI=1S/C24H22N4O6S/c1-32-15-10-8-14(9-11-15)25-21(30)20-16-5-2-3-7-18(16)35-23(20)26-19(29)13-28-24(31)34-22(27-28)17-6-4-12-33-17/h4,6,8-12H,2-3,5,7,13H2,1H3,(H,25,30)(H,26,29). The van der Waals surface area contributed by atoms with E-state index < -0.39 is 11.7 Å². The van der Waals surface area contributed by atoms with Crippen molar-refractivity contribution < 1.29 is 23.2 Å². The minimum Gasteiger partial charge on any atom is -0.497 e. The maximum Gasteiger partial charge on any atom is 0.437 e. The highest BCUT2D eigenvalue weighted by molar-refractivity contribution is 7.17. The van der Waals surface area contributed by atoms with Gasteiger partial charge >= 0.3 is 5.76 Å². The number of carbonyl (C=O) groups excluding carboxylic acids is 2. The number of carbonyl (C=O) groups is 2. The van der Waals surface area contributed by atoms with E-state index in [-0.39, 0.29) is 24.1 Å². The van der Waals surface area contributed by atoms with Gasteiger partial charge in [-0.3, -0.25) is 9.59 Å². The fourth-order valence-electron chi connectivity index (χ4n) is 3.97. The Morgan fingerprint density at radius 1 is 1.14 bits per heavy atom. The molecule has 180 valence electrons. The second kappa shape index (κ2) is 9.63. The minimum absolute atomic E-state index is 0.0149. The van der Waals surface area contributed by atoms with Gasteiger partial charge in [0.2, 0.25) is 5.91 Å². The Bertz CT molecular complexity index is 1420. The molecule has 0 saturated carbocycles. The first-order valence-electron chi connectivity index (χ1n) is 11.0. The molecule has 3 aromatic heterocycles. The van der Waals surface area contributed by atoms with E-state index >= 15 is 0 Å². The Morgan fingerprint density at radius 3 is 2.69 bits per heavy atom. The van der Waals surface area contributed by atoms with E-state index in [0.717, 1.165) is 40.8 Å². The molecule has 0 unspecified atom stereocenters. The molecule has 1 aliphatic carbocycles. The Kier molecular flexibility index (Phi) is 6.23. The summed E-state index contributed by atoms with van der Waals surface area (Å²) >= 11 is 1.39. The molecule has 1 aromatic carbocycles. The first-order valence-corrected chi connectivity index (χ1v) is 11.8. The first-order chi connectivity index (χ1) is 17.0. The van der Waals surface area contributed by atoms with Crippen molar-refractivity contribution in [1.29, 1.82) is 0 Å². The first kappa shape index (κ1) is 22.7. The lowest BCUT2D eigenvalue weighted by atomic mass is 9.95. The predicted octanol–water partition coefficient (Wildman–Crippen LogP) is 3.94. The normalized spacial score (nSPS) is 12.7. The Hall–Kier alpha value is -4.12. The van der Waals surface area contributed by atoms with E-state index in [1.54, 1.807) is 43.5 Å². The molecule has 3 heterocycles. The molecule has 0 saturated heterocycles. The van der Waals surface area contributed by atoms with Crippen molar-refractivity contribution in [3.63, 3.8) is 0 Å². The maximum atomic E-state index is 13.3. The molecule has 4 aromatic rings. The number of methoxy groups -OCH3 is 1. The van der Waals surface area contributed by atoms with Crippen molar-refractivity contribution in [2.45, 2.75) is 32.2 Å². The van der Waals surface area contributed by atoms with E-state index in [9.17, 15) is 14.4 Å². The van der Waals surface area contributed by atoms with Crippen molar-refractivity contribution >= 4 is 33.8 Å². The third-order valence-corrected chi connectivity index (χ3v) is 6.84. The lowest BCUT2D eigenvalue weighted by molar-refractivity contribution is -0.117. The van der Waals surface area contributed by atoms with Crippen molar-refractivity contribution in [2.75, 3.05) is 17.7 Å². The van der Waals surface area contributed by atoms with Crippen molar-refractivity contribution in [3.05, 3.63) is 69.2 Å². The monoisotopic (exact) mass is 494 g/mol. The molecule has 5 rings (SSSR count). The van der Waals surface area contributed by atoms with Crippen LogP contribution in [-0.4, -0.2) is 28.7 Å². The number of anilines is 2. The molecule has 0 bridgehead atoms. The SMILES string of the molecule is COc1ccc(NC(=O)c2c(NC(=O)Cn3nc(-c4ccco4)oc3=O)sc3c2CCCC3)cc1. The number of hydrogen-bond donors (Lipinski definition) is 2. The van der Waals surface area contributed by atoms with Crippen LogP contribution in [0.15, 0.2) is 56.3 Å². The quantitative estimate of drug-likeness (QED) is 0.398. The number of ether oxygens (including phenoxy) is 1. The van der Waals surface area contributed by atoms with Crippen molar-refractivity contribution in [3.8, 4) is 17.4 Å². The number of aryl methyl sites for hydroxylation is 1. The summed E-state index contributed by atoms with van der Waals surface area (Å²) in [6.45, 7) is -0.370. The minimum atomic E-state index is -0.783. The largest absolute Gasteiger partial charge is 0.497 e. The lowest BCUT2D eigenvalue weighted by Crippen LogP contribution is -2.26. The summed E-state index contributed by atoms with van der Waals surface area (Å²) in [7, 11) is 1.57. The molecule has 0 spiro atoms. The van der Waals surface area contributed by atoms with Crippen LogP contribution in [0.25, 0.3) is 11.7 Å². The summed E-state index contributed by atoms with van der Waals surface area (Å²) in [5, 5.41) is 10.2. The van der Waals surface area contributed by atoms with Crippen LogP contribution in [0.1, 0.15) is 33.6 Å². The second-order valence-corrected chi connectivity index (χ2v) is 9.06. The highest BCUT2D eigenvalue weighted by atomic mass is 32.1. The van der Waals surface area contributed by atoms with Gasteiger partial charge in [0.25, 0.3) is 11.8 Å². The average molecular weight is 495 g/mol. The van der Waals surface area contributed by atoms with Crippen LogP contribution in [0.5, 0.6) is 5.75 Å². The number of benzene rings is 1. The van der Waals surface area contributed by atoms with E-state index in [2.05, 4.69) is 15.7 Å². The number of aromatic nitrogens is 2. The van der Waals surface area contributed by atoms with Gasteiger partial charge in [-0.2, -0.15) is 4.68 Å². The van der Waals surface area contributed by atoms with Gasteiger partial charge in [0.1, 0.15) is 17.3 Å². The zero-order valence-corrected chi connectivity index (χ0v) is 19.6. The van der Waals surface area contributed by atoms with Crippen molar-refractivity contribution in [2.24, 2.45) is 0 Å². The van der Waals surface area contributed by atoms with Crippen LogP contribution in [0.4, 0.5) is 10.7 Å². The van der Waals surface area contributed by atoms with Gasteiger partial charge in [0, 0.05) is 10.6 Å². The molecule has 1 aliphatic rings. The molecule has 11 heteroatoms. The number of nitrogens with zero attached hydrogens (tertiary/aromatic N) is 2. The molecule has 2 amide bonds. The number of nitrogens with one attached hydrogen (secondary N) is 2. The Balaban J connectivity index is 1.36. The van der Waals surface area contributed by atoms with Gasteiger partial charge in [-0.1, -0.05) is 0 Å². The predicted molar refractivity (Wildman–Crippen MR) is 129 cm³/mol. The number of hydrogen-bond acceptors (Lipinski definition) is 8. The van der Waals surface area contributed by atoms with Crippen LogP contribution >= 0.6 is 11.3 Å². The third kappa shape index (κ3) is 4.76. The molecule has 0 radical (unpaired) electrons. The Labute approximate surface area is 203 Å². The van der Waals surface area contributed by atoms with E-state index in [1.807, 2.05) is 0 Å². The summed E-state index contributed by atoms with van der Waals surface area (Å²) in [5.41, 5.74) is 2.03. The number of furan rings is 1. The summed E-state index contributed by atoms with van der Waals surface area (Å²) in [6.07, 6.45) is 5.06. The van der Waals surface area contributed by atoms with Crippen molar-refractivity contribution in [1.82, 2.24) is 9.78 Å². The fraction of sp³-hybridized carbons (Fsp3) is 0.250. The highest BCUT2D eigenvalue weighted by Gasteiger charge is 2.27. The molecule has 2 N–H and O–H groups in total. The van der Waals surface area contributed by atoms with Crippen LogP contribution < -0.4 is 21.1 Å². The summed E-state index contributed by atoms with van der Waals surface area (Å²) in [4.78, 5) is 39.3. The third-order valence-electron chi connectivity index (χ3n) is 5.63. The van der Waals surface area contributed by atoms with Crippen LogP contribution in [0.3, 0.4) is 0 Å². The number of rotatable bonds is 7. The van der Waals surface area contributed by atoms with E-state index in [1.165, 1.54) is 17.6 Å². The van der Waals surface area contributed by atoms with Gasteiger partial charge in [-0.05, 0) is 67.6 Å². The average Bonchev–Trinajstić information content (AvgIpc) is 3.58. The summed E-state index contributed by atoms with van der Waals surface area (Å²) < 4.78 is 16.3. The topological polar surface area (TPSA) is 129 Å². The molecule has 0 aliphatic heterocycles. The Morgan fingerprint density at radius 2 is 1.94 bits per heavy atom. The number of amides is 2. The molecular formula is C24H22N4O6S. The van der Waals surface area contributed by atoms with Crippen LogP contribution in [0.2, 0.25) is 0 Å². The lowest BCUT2D eigenvalue weighted by Gasteiger charge is -2.13. The highest BCUT2D eigenvalue weighted by Crippen LogP contribution is 2.38. The van der Waals surface area contributed by atoms with E-state index in [0.29, 0.717) is 22.0 Å². The van der Waals surface area contributed by atoms with Gasteiger partial charge in [0.05, 0.1) is 18.9 Å². The maximum absolute atomic E-state index is 13.3. The molecule has 35 heavy (non-hydrogen) atoms. The van der Waals surface area contributed by atoms with Gasteiger partial charge < -0.3 is 24.2 Å². The summed E-state index contributed by atoms with van der Waals surface area (Å²) in [5.74, 6) is -0.632. The van der Waals surface area contributed by atoms with Crippen LogP contribution in [-0.2, 0) is 24.2 Å². The smallest absolute Gasteiger partial charge is 0.437 e. The molecule has 0 fully saturated rings. The zero-order valence-electron chi connectivity index (χ0n) is 18.8. The number of fused-ring (bicyclic) bond motifs is 1. The molecule has 0 atom stereocenters. The van der Waals surface area contributed by atoms with E-state index in [4.69, 9.17) is 13.6 Å².